The number of halogens is 1. The van der Waals surface area contributed by atoms with Gasteiger partial charge in [-0.05, 0) is 43.8 Å². The Bertz CT molecular complexity index is 665. The lowest BCUT2D eigenvalue weighted by molar-refractivity contribution is 0.242. The van der Waals surface area contributed by atoms with Gasteiger partial charge in [-0.15, -0.1) is 0 Å². The lowest BCUT2D eigenvalue weighted by Gasteiger charge is -2.13. The zero-order chi connectivity index (χ0) is 15.4. The van der Waals surface area contributed by atoms with E-state index >= 15 is 0 Å². The van der Waals surface area contributed by atoms with Crippen LogP contribution in [0.4, 0.5) is 0 Å². The molecular weight excluding hydrogens is 308 g/mol. The molecule has 5 nitrogen and oxygen atoms in total. The van der Waals surface area contributed by atoms with Crippen LogP contribution < -0.4 is 10.2 Å². The first kappa shape index (κ1) is 15.9. The van der Waals surface area contributed by atoms with Crippen LogP contribution in [-0.2, 0) is 13.0 Å². The lowest BCUT2D eigenvalue weighted by atomic mass is 10.2. The fourth-order valence-electron chi connectivity index (χ4n) is 1.90. The Morgan fingerprint density at radius 2 is 2.24 bits per heavy atom. The van der Waals surface area contributed by atoms with E-state index < -0.39 is 0 Å². The van der Waals surface area contributed by atoms with Crippen molar-refractivity contribution in [2.75, 3.05) is 5.43 Å². The third-order valence-corrected chi connectivity index (χ3v) is 3.43. The number of nitrogens with one attached hydrogen (secondary N) is 2. The van der Waals surface area contributed by atoms with Gasteiger partial charge in [-0.1, -0.05) is 24.6 Å². The van der Waals surface area contributed by atoms with E-state index in [0.717, 1.165) is 17.8 Å². The van der Waals surface area contributed by atoms with E-state index in [4.69, 9.17) is 28.6 Å². The Hall–Kier alpha value is -1.53. The Labute approximate surface area is 134 Å². The van der Waals surface area contributed by atoms with Gasteiger partial charge in [-0.25, -0.2) is 4.68 Å². The van der Waals surface area contributed by atoms with E-state index in [0.29, 0.717) is 22.1 Å². The summed E-state index contributed by atoms with van der Waals surface area (Å²) in [5, 5.41) is 7.53. The monoisotopic (exact) mass is 326 g/mol. The second-order valence-corrected chi connectivity index (χ2v) is 5.69. The van der Waals surface area contributed by atoms with Crippen molar-refractivity contribution in [2.24, 2.45) is 0 Å². The topological polar surface area (TPSA) is 54.9 Å². The Morgan fingerprint density at radius 3 is 2.86 bits per heavy atom. The Balaban J connectivity index is 2.08. The summed E-state index contributed by atoms with van der Waals surface area (Å²) in [4.78, 5) is 0. The van der Waals surface area contributed by atoms with Crippen molar-refractivity contribution in [3.05, 3.63) is 39.4 Å². The molecule has 0 aliphatic carbocycles. The van der Waals surface area contributed by atoms with Crippen molar-refractivity contribution in [3.63, 3.8) is 0 Å². The first-order valence-electron chi connectivity index (χ1n) is 6.86. The molecule has 0 saturated carbocycles. The molecule has 0 fully saturated rings. The third kappa shape index (κ3) is 3.98. The summed E-state index contributed by atoms with van der Waals surface area (Å²) < 4.78 is 7.95. The third-order valence-electron chi connectivity index (χ3n) is 2.86. The lowest BCUT2D eigenvalue weighted by Crippen LogP contribution is -2.17. The predicted octanol–water partition coefficient (Wildman–Crippen LogP) is 3.69. The highest BCUT2D eigenvalue weighted by Crippen LogP contribution is 2.26. The molecule has 0 atom stereocenters. The van der Waals surface area contributed by atoms with Crippen LogP contribution in [-0.4, -0.2) is 21.0 Å². The molecule has 1 heterocycles. The maximum atomic E-state index is 6.23. The number of aromatic nitrogens is 3. The van der Waals surface area contributed by atoms with E-state index in [1.165, 1.54) is 0 Å². The molecule has 0 unspecified atom stereocenters. The maximum absolute atomic E-state index is 6.23. The van der Waals surface area contributed by atoms with Crippen LogP contribution in [0.1, 0.15) is 32.2 Å². The van der Waals surface area contributed by atoms with Gasteiger partial charge in [0.05, 0.1) is 17.7 Å². The SMILES string of the molecule is CCc1n[nH]c(=S)n1NCc1ccc(OC(C)C)c(Cl)c1. The molecule has 0 spiro atoms. The highest BCUT2D eigenvalue weighted by atomic mass is 35.5. The number of ether oxygens (including phenoxy) is 1. The van der Waals surface area contributed by atoms with Gasteiger partial charge < -0.3 is 10.2 Å². The fraction of sp³-hybridized carbons (Fsp3) is 0.429. The number of rotatable bonds is 6. The highest BCUT2D eigenvalue weighted by Gasteiger charge is 2.07. The van der Waals surface area contributed by atoms with Crippen LogP contribution >= 0.6 is 23.8 Å². The van der Waals surface area contributed by atoms with Crippen molar-refractivity contribution in [1.29, 1.82) is 0 Å². The second kappa shape index (κ2) is 6.95. The van der Waals surface area contributed by atoms with Gasteiger partial charge in [0.1, 0.15) is 5.75 Å². The molecule has 0 aliphatic rings. The number of aryl methyl sites for hydroxylation is 1. The number of hydrogen-bond donors (Lipinski definition) is 2. The zero-order valence-electron chi connectivity index (χ0n) is 12.3. The van der Waals surface area contributed by atoms with E-state index in [-0.39, 0.29) is 6.10 Å². The highest BCUT2D eigenvalue weighted by molar-refractivity contribution is 7.71. The van der Waals surface area contributed by atoms with Crippen molar-refractivity contribution in [2.45, 2.75) is 39.8 Å². The van der Waals surface area contributed by atoms with E-state index in [1.54, 1.807) is 4.68 Å². The van der Waals surface area contributed by atoms with Crippen LogP contribution in [0.15, 0.2) is 18.2 Å². The van der Waals surface area contributed by atoms with E-state index in [1.807, 2.05) is 39.0 Å². The van der Waals surface area contributed by atoms with Gasteiger partial charge in [0, 0.05) is 6.42 Å². The van der Waals surface area contributed by atoms with Gasteiger partial charge >= 0.3 is 0 Å². The molecular formula is C14H19ClN4OS. The summed E-state index contributed by atoms with van der Waals surface area (Å²) in [5.74, 6) is 1.57. The number of hydrogen-bond acceptors (Lipinski definition) is 4. The van der Waals surface area contributed by atoms with E-state index in [2.05, 4.69) is 15.6 Å². The smallest absolute Gasteiger partial charge is 0.214 e. The van der Waals surface area contributed by atoms with Crippen LogP contribution in [0.5, 0.6) is 5.75 Å². The van der Waals surface area contributed by atoms with Gasteiger partial charge in [-0.3, -0.25) is 5.10 Å². The standard InChI is InChI=1S/C14H19ClN4OS/c1-4-13-17-18-14(21)19(13)16-8-10-5-6-12(11(15)7-10)20-9(2)3/h5-7,9,16H,4,8H2,1-3H3,(H,18,21). The molecule has 114 valence electrons. The average Bonchev–Trinajstić information content (AvgIpc) is 2.79. The van der Waals surface area contributed by atoms with Crippen molar-refractivity contribution in [3.8, 4) is 5.75 Å². The minimum absolute atomic E-state index is 0.0999. The molecule has 0 amide bonds. The quantitative estimate of drug-likeness (QED) is 0.795. The average molecular weight is 327 g/mol. The summed E-state index contributed by atoms with van der Waals surface area (Å²) in [6.45, 7) is 6.57. The van der Waals surface area contributed by atoms with Gasteiger partial charge in [0.2, 0.25) is 4.77 Å². The molecule has 7 heteroatoms. The van der Waals surface area contributed by atoms with Gasteiger partial charge in [-0.2, -0.15) is 5.10 Å². The van der Waals surface area contributed by atoms with Gasteiger partial charge in [0.25, 0.3) is 0 Å². The van der Waals surface area contributed by atoms with Crippen LogP contribution in [0.2, 0.25) is 5.02 Å². The Kier molecular flexibility index (Phi) is 5.25. The molecule has 0 aliphatic heterocycles. The molecule has 21 heavy (non-hydrogen) atoms. The minimum Gasteiger partial charge on any atom is -0.489 e. The van der Waals surface area contributed by atoms with Gasteiger partial charge in [0.15, 0.2) is 5.82 Å². The van der Waals surface area contributed by atoms with Crippen LogP contribution in [0, 0.1) is 4.77 Å². The van der Waals surface area contributed by atoms with Crippen LogP contribution in [0.3, 0.4) is 0 Å². The summed E-state index contributed by atoms with van der Waals surface area (Å²) in [5.41, 5.74) is 4.28. The van der Waals surface area contributed by atoms with Crippen molar-refractivity contribution >= 4 is 23.8 Å². The first-order valence-corrected chi connectivity index (χ1v) is 7.65. The fourth-order valence-corrected chi connectivity index (χ4v) is 2.37. The summed E-state index contributed by atoms with van der Waals surface area (Å²) >= 11 is 11.4. The molecule has 0 radical (unpaired) electrons. The molecule has 0 bridgehead atoms. The first-order chi connectivity index (χ1) is 10.0. The maximum Gasteiger partial charge on any atom is 0.214 e. The van der Waals surface area contributed by atoms with E-state index in [9.17, 15) is 0 Å². The molecule has 1 aromatic carbocycles. The predicted molar refractivity (Wildman–Crippen MR) is 87.1 cm³/mol. The molecule has 0 saturated heterocycles. The normalized spacial score (nSPS) is 10.9. The molecule has 2 N–H and O–H groups in total. The molecule has 2 aromatic rings. The minimum atomic E-state index is 0.0999. The van der Waals surface area contributed by atoms with Crippen LogP contribution in [0.25, 0.3) is 0 Å². The number of benzene rings is 1. The second-order valence-electron chi connectivity index (χ2n) is 4.90. The summed E-state index contributed by atoms with van der Waals surface area (Å²) in [6, 6.07) is 5.75. The summed E-state index contributed by atoms with van der Waals surface area (Å²) in [7, 11) is 0. The van der Waals surface area contributed by atoms with Crippen molar-refractivity contribution < 1.29 is 4.74 Å². The summed E-state index contributed by atoms with van der Waals surface area (Å²) in [6.07, 6.45) is 0.894. The largest absolute Gasteiger partial charge is 0.489 e. The zero-order valence-corrected chi connectivity index (χ0v) is 13.9. The Morgan fingerprint density at radius 1 is 1.48 bits per heavy atom. The molecule has 1 aromatic heterocycles. The number of aromatic amines is 1. The number of nitrogens with zero attached hydrogens (tertiary/aromatic N) is 2. The number of H-pyrrole nitrogens is 1. The molecule has 2 rings (SSSR count). The van der Waals surface area contributed by atoms with Crippen molar-refractivity contribution in [1.82, 2.24) is 14.9 Å².